The Morgan fingerprint density at radius 1 is 1.36 bits per heavy atom. The Morgan fingerprint density at radius 2 is 2.18 bits per heavy atom. The molecule has 0 amide bonds. The Bertz CT molecular complexity index is 1130. The lowest BCUT2D eigenvalue weighted by molar-refractivity contribution is 0.102. The van der Waals surface area contributed by atoms with Crippen molar-refractivity contribution >= 4 is 39.1 Å². The number of halogens is 1. The van der Waals surface area contributed by atoms with Crippen LogP contribution in [0.2, 0.25) is 0 Å². The van der Waals surface area contributed by atoms with Crippen LogP contribution < -0.4 is 5.56 Å². The highest BCUT2D eigenvalue weighted by atomic mass is 32.2. The number of benzene rings is 1. The summed E-state index contributed by atoms with van der Waals surface area (Å²) in [6, 6.07) is 5.64. The number of fused-ring (bicyclic) bond motifs is 3. The van der Waals surface area contributed by atoms with Gasteiger partial charge < -0.3 is 0 Å². The number of aryl methyl sites for hydroxylation is 2. The Balaban J connectivity index is 1.69. The zero-order valence-corrected chi connectivity index (χ0v) is 16.9. The van der Waals surface area contributed by atoms with E-state index < -0.39 is 5.82 Å². The van der Waals surface area contributed by atoms with Crippen molar-refractivity contribution in [1.29, 1.82) is 0 Å². The van der Waals surface area contributed by atoms with Gasteiger partial charge in [-0.25, -0.2) is 9.37 Å². The number of thiophene rings is 1. The highest BCUT2D eigenvalue weighted by Crippen LogP contribution is 2.34. The van der Waals surface area contributed by atoms with Crippen molar-refractivity contribution in [2.45, 2.75) is 37.4 Å². The van der Waals surface area contributed by atoms with Crippen molar-refractivity contribution < 1.29 is 9.18 Å². The van der Waals surface area contributed by atoms with Crippen molar-refractivity contribution in [3.8, 4) is 0 Å². The first-order chi connectivity index (χ1) is 13.6. The van der Waals surface area contributed by atoms with E-state index in [2.05, 4.69) is 6.58 Å². The van der Waals surface area contributed by atoms with Gasteiger partial charge in [0.2, 0.25) is 0 Å². The summed E-state index contributed by atoms with van der Waals surface area (Å²) in [5.41, 5.74) is 1.40. The van der Waals surface area contributed by atoms with Gasteiger partial charge >= 0.3 is 0 Å². The third-order valence-corrected chi connectivity index (χ3v) is 6.99. The Hall–Kier alpha value is -2.25. The molecule has 0 fully saturated rings. The second-order valence-corrected chi connectivity index (χ2v) is 8.74. The molecule has 0 aliphatic heterocycles. The normalized spacial score (nSPS) is 13.5. The molecule has 0 unspecified atom stereocenters. The van der Waals surface area contributed by atoms with Crippen molar-refractivity contribution in [2.24, 2.45) is 0 Å². The van der Waals surface area contributed by atoms with E-state index in [-0.39, 0.29) is 17.1 Å². The number of hydrogen-bond acceptors (Lipinski definition) is 5. The minimum absolute atomic E-state index is 0.0648. The average molecular weight is 415 g/mol. The van der Waals surface area contributed by atoms with E-state index in [4.69, 9.17) is 4.98 Å². The van der Waals surface area contributed by atoms with Gasteiger partial charge in [-0.3, -0.25) is 14.2 Å². The summed E-state index contributed by atoms with van der Waals surface area (Å²) < 4.78 is 15.0. The molecule has 0 spiro atoms. The van der Waals surface area contributed by atoms with Gasteiger partial charge in [0.25, 0.3) is 5.56 Å². The third-order valence-electron chi connectivity index (χ3n) is 4.83. The van der Waals surface area contributed by atoms with Crippen molar-refractivity contribution in [2.75, 3.05) is 5.75 Å². The second kappa shape index (κ2) is 8.01. The summed E-state index contributed by atoms with van der Waals surface area (Å²) in [6.45, 7) is 4.08. The van der Waals surface area contributed by atoms with Crippen LogP contribution in [0.5, 0.6) is 0 Å². The first-order valence-electron chi connectivity index (χ1n) is 9.16. The highest BCUT2D eigenvalue weighted by molar-refractivity contribution is 7.99. The fourth-order valence-electron chi connectivity index (χ4n) is 3.50. The van der Waals surface area contributed by atoms with E-state index in [0.29, 0.717) is 17.3 Å². The van der Waals surface area contributed by atoms with E-state index in [0.717, 1.165) is 41.5 Å². The molecule has 0 atom stereocenters. The Labute approximate surface area is 170 Å². The van der Waals surface area contributed by atoms with Crippen LogP contribution in [0.3, 0.4) is 0 Å². The standard InChI is InChI=1S/C21H19FN2O2S2/c1-2-10-24-20(26)18-15-8-3-4-9-17(15)28-19(18)23-21(24)27-12-16(25)13-6-5-7-14(22)11-13/h2,5-7,11H,1,3-4,8-10,12H2. The number of Topliss-reactive ketones (excluding diaryl/α,β-unsaturated/α-hetero) is 1. The molecule has 1 aliphatic carbocycles. The number of allylic oxidation sites excluding steroid dienone is 1. The fourth-order valence-corrected chi connectivity index (χ4v) is 5.70. The molecule has 1 aliphatic rings. The summed E-state index contributed by atoms with van der Waals surface area (Å²) in [6.07, 6.45) is 5.82. The van der Waals surface area contributed by atoms with Crippen LogP contribution in [-0.2, 0) is 19.4 Å². The van der Waals surface area contributed by atoms with Crippen LogP contribution in [0, 0.1) is 5.82 Å². The molecule has 1 aromatic carbocycles. The SMILES string of the molecule is C=CCn1c(SCC(=O)c2cccc(F)c2)nc2sc3c(c2c1=O)CCCC3. The minimum Gasteiger partial charge on any atom is -0.293 e. The molecule has 4 rings (SSSR count). The smallest absolute Gasteiger partial charge is 0.263 e. The zero-order valence-electron chi connectivity index (χ0n) is 15.2. The largest absolute Gasteiger partial charge is 0.293 e. The summed E-state index contributed by atoms with van der Waals surface area (Å²) >= 11 is 2.80. The van der Waals surface area contributed by atoms with Gasteiger partial charge in [-0.2, -0.15) is 0 Å². The molecule has 0 bridgehead atoms. The van der Waals surface area contributed by atoms with Crippen molar-refractivity contribution in [3.63, 3.8) is 0 Å². The molecule has 3 aromatic rings. The maximum absolute atomic E-state index is 13.4. The predicted molar refractivity (Wildman–Crippen MR) is 112 cm³/mol. The number of carbonyl (C=O) groups is 1. The molecule has 0 saturated heterocycles. The van der Waals surface area contributed by atoms with E-state index in [1.165, 1.54) is 34.8 Å². The molecule has 0 radical (unpaired) electrons. The number of aromatic nitrogens is 2. The molecule has 4 nitrogen and oxygen atoms in total. The quantitative estimate of drug-likeness (QED) is 0.255. The summed E-state index contributed by atoms with van der Waals surface area (Å²) in [7, 11) is 0. The molecule has 2 aromatic heterocycles. The first-order valence-corrected chi connectivity index (χ1v) is 11.0. The van der Waals surface area contributed by atoms with Crippen LogP contribution in [0.4, 0.5) is 4.39 Å². The van der Waals surface area contributed by atoms with Gasteiger partial charge in [0.05, 0.1) is 11.1 Å². The summed E-state index contributed by atoms with van der Waals surface area (Å²) in [5, 5.41) is 1.23. The monoisotopic (exact) mass is 414 g/mol. The minimum atomic E-state index is -0.442. The second-order valence-electron chi connectivity index (χ2n) is 6.71. The van der Waals surface area contributed by atoms with Crippen LogP contribution in [0.15, 0.2) is 46.9 Å². The highest BCUT2D eigenvalue weighted by Gasteiger charge is 2.22. The van der Waals surface area contributed by atoms with Crippen LogP contribution in [0.25, 0.3) is 10.2 Å². The Morgan fingerprint density at radius 3 is 2.96 bits per heavy atom. The lowest BCUT2D eigenvalue weighted by Gasteiger charge is -2.12. The molecule has 144 valence electrons. The number of nitrogens with zero attached hydrogens (tertiary/aromatic N) is 2. The molecule has 2 heterocycles. The van der Waals surface area contributed by atoms with E-state index in [1.54, 1.807) is 28.0 Å². The number of ketones is 1. The van der Waals surface area contributed by atoms with Gasteiger partial charge in [0, 0.05) is 17.0 Å². The van der Waals surface area contributed by atoms with Gasteiger partial charge in [-0.15, -0.1) is 17.9 Å². The summed E-state index contributed by atoms with van der Waals surface area (Å²) in [4.78, 5) is 32.3. The average Bonchev–Trinajstić information content (AvgIpc) is 3.07. The van der Waals surface area contributed by atoms with E-state index in [1.807, 2.05) is 0 Å². The van der Waals surface area contributed by atoms with Crippen molar-refractivity contribution in [3.05, 3.63) is 69.1 Å². The predicted octanol–water partition coefficient (Wildman–Crippen LogP) is 4.64. The van der Waals surface area contributed by atoms with Gasteiger partial charge in [-0.05, 0) is 43.4 Å². The third kappa shape index (κ3) is 3.56. The number of rotatable bonds is 6. The van der Waals surface area contributed by atoms with Crippen LogP contribution in [-0.4, -0.2) is 21.1 Å². The molecule has 7 heteroatoms. The summed E-state index contributed by atoms with van der Waals surface area (Å²) in [5.74, 6) is -0.554. The van der Waals surface area contributed by atoms with Gasteiger partial charge in [0.15, 0.2) is 10.9 Å². The van der Waals surface area contributed by atoms with E-state index >= 15 is 0 Å². The molecule has 0 N–H and O–H groups in total. The Kier molecular flexibility index (Phi) is 5.46. The van der Waals surface area contributed by atoms with Gasteiger partial charge in [0.1, 0.15) is 10.6 Å². The number of hydrogen-bond donors (Lipinski definition) is 0. The van der Waals surface area contributed by atoms with Crippen LogP contribution >= 0.6 is 23.1 Å². The van der Waals surface area contributed by atoms with E-state index in [9.17, 15) is 14.0 Å². The molecule has 28 heavy (non-hydrogen) atoms. The zero-order chi connectivity index (χ0) is 19.7. The molecular formula is C21H19FN2O2S2. The first kappa shape index (κ1) is 19.1. The lowest BCUT2D eigenvalue weighted by Crippen LogP contribution is -2.23. The number of carbonyl (C=O) groups excluding carboxylic acids is 1. The molecule has 0 saturated carbocycles. The van der Waals surface area contributed by atoms with Gasteiger partial charge in [-0.1, -0.05) is 30.0 Å². The van der Waals surface area contributed by atoms with Crippen LogP contribution in [0.1, 0.15) is 33.6 Å². The lowest BCUT2D eigenvalue weighted by atomic mass is 9.97. The number of thioether (sulfide) groups is 1. The molecular weight excluding hydrogens is 395 g/mol. The maximum Gasteiger partial charge on any atom is 0.263 e. The maximum atomic E-state index is 13.4. The topological polar surface area (TPSA) is 52.0 Å². The fraction of sp³-hybridized carbons (Fsp3) is 0.286. The van der Waals surface area contributed by atoms with Crippen molar-refractivity contribution in [1.82, 2.24) is 9.55 Å².